The quantitative estimate of drug-likeness (QED) is 0.771. The molecule has 0 fully saturated rings. The highest BCUT2D eigenvalue weighted by atomic mass is 16.3. The van der Waals surface area contributed by atoms with E-state index < -0.39 is 0 Å². The van der Waals surface area contributed by atoms with Gasteiger partial charge in [-0.3, -0.25) is 0 Å². The Morgan fingerprint density at radius 2 is 2.11 bits per heavy atom. The summed E-state index contributed by atoms with van der Waals surface area (Å²) in [7, 11) is 4.33. The molecule has 104 valence electrons. The zero-order valence-electron chi connectivity index (χ0n) is 12.5. The van der Waals surface area contributed by atoms with E-state index in [9.17, 15) is 0 Å². The van der Waals surface area contributed by atoms with Gasteiger partial charge in [0.25, 0.3) is 0 Å². The van der Waals surface area contributed by atoms with Gasteiger partial charge in [-0.05, 0) is 58.5 Å². The van der Waals surface area contributed by atoms with Crippen LogP contribution in [-0.2, 0) is 6.42 Å². The highest BCUT2D eigenvalue weighted by Gasteiger charge is 2.34. The van der Waals surface area contributed by atoms with E-state index in [0.717, 1.165) is 25.8 Å². The topological polar surface area (TPSA) is 28.4 Å². The van der Waals surface area contributed by atoms with Gasteiger partial charge in [0, 0.05) is 11.6 Å². The first-order valence-electron chi connectivity index (χ1n) is 6.96. The van der Waals surface area contributed by atoms with Crippen LogP contribution in [0.25, 0.3) is 0 Å². The molecule has 0 saturated carbocycles. The molecule has 3 heteroatoms. The summed E-state index contributed by atoms with van der Waals surface area (Å²) in [6.07, 6.45) is 6.91. The van der Waals surface area contributed by atoms with Crippen molar-refractivity contribution in [1.82, 2.24) is 10.2 Å². The van der Waals surface area contributed by atoms with Crippen molar-refractivity contribution in [3.63, 3.8) is 0 Å². The van der Waals surface area contributed by atoms with Crippen LogP contribution in [0.4, 0.5) is 0 Å². The van der Waals surface area contributed by atoms with E-state index in [2.05, 4.69) is 51.1 Å². The Kier molecular flexibility index (Phi) is 5.89. The first-order valence-corrected chi connectivity index (χ1v) is 6.96. The summed E-state index contributed by atoms with van der Waals surface area (Å²) in [6, 6.07) is 2.50. The van der Waals surface area contributed by atoms with Crippen molar-refractivity contribution < 1.29 is 4.42 Å². The Labute approximate surface area is 112 Å². The van der Waals surface area contributed by atoms with Crippen molar-refractivity contribution >= 4 is 0 Å². The average molecular weight is 252 g/mol. The van der Waals surface area contributed by atoms with E-state index in [4.69, 9.17) is 4.42 Å². The van der Waals surface area contributed by atoms with E-state index >= 15 is 0 Å². The monoisotopic (exact) mass is 252 g/mol. The van der Waals surface area contributed by atoms with Gasteiger partial charge in [-0.1, -0.05) is 13.8 Å². The van der Waals surface area contributed by atoms with Crippen LogP contribution >= 0.6 is 0 Å². The standard InChI is InChI=1S/C15H28N2O/c1-6-9-16-14(11-13-8-10-18-12-13)15(3,7-2)17(4)5/h8,10,12,14,16H,6-7,9,11H2,1-5H3. The van der Waals surface area contributed by atoms with Crippen molar-refractivity contribution in [2.45, 2.75) is 51.6 Å². The second-order valence-corrected chi connectivity index (χ2v) is 5.45. The van der Waals surface area contributed by atoms with Crippen LogP contribution in [0.15, 0.2) is 23.0 Å². The Hall–Kier alpha value is -0.800. The number of hydrogen-bond donors (Lipinski definition) is 1. The number of likely N-dealkylation sites (N-methyl/N-ethyl adjacent to an activating group) is 1. The minimum absolute atomic E-state index is 0.159. The highest BCUT2D eigenvalue weighted by Crippen LogP contribution is 2.24. The average Bonchev–Trinajstić information content (AvgIpc) is 2.86. The number of nitrogens with one attached hydrogen (secondary N) is 1. The van der Waals surface area contributed by atoms with E-state index in [1.807, 2.05) is 6.26 Å². The number of nitrogens with zero attached hydrogens (tertiary/aromatic N) is 1. The molecule has 0 spiro atoms. The Bertz CT molecular complexity index is 321. The van der Waals surface area contributed by atoms with Gasteiger partial charge in [0.1, 0.15) is 0 Å². The minimum atomic E-state index is 0.159. The maximum atomic E-state index is 5.19. The third kappa shape index (κ3) is 3.59. The van der Waals surface area contributed by atoms with Gasteiger partial charge in [0.15, 0.2) is 0 Å². The number of rotatable bonds is 8. The molecule has 1 aromatic heterocycles. The van der Waals surface area contributed by atoms with Gasteiger partial charge >= 0.3 is 0 Å². The zero-order valence-corrected chi connectivity index (χ0v) is 12.5. The fourth-order valence-corrected chi connectivity index (χ4v) is 2.35. The van der Waals surface area contributed by atoms with E-state index in [-0.39, 0.29) is 5.54 Å². The molecule has 18 heavy (non-hydrogen) atoms. The fourth-order valence-electron chi connectivity index (χ4n) is 2.35. The molecule has 1 rings (SSSR count). The molecule has 0 aliphatic heterocycles. The molecule has 0 aliphatic carbocycles. The zero-order chi connectivity index (χ0) is 13.6. The van der Waals surface area contributed by atoms with Crippen LogP contribution in [0.5, 0.6) is 0 Å². The maximum Gasteiger partial charge on any atom is 0.0935 e. The van der Waals surface area contributed by atoms with Crippen LogP contribution in [-0.4, -0.2) is 37.1 Å². The summed E-state index contributed by atoms with van der Waals surface area (Å²) in [5.41, 5.74) is 1.43. The minimum Gasteiger partial charge on any atom is -0.472 e. The van der Waals surface area contributed by atoms with Crippen molar-refractivity contribution in [1.29, 1.82) is 0 Å². The summed E-state index contributed by atoms with van der Waals surface area (Å²) in [4.78, 5) is 2.33. The molecule has 1 heterocycles. The SMILES string of the molecule is CCCNC(Cc1ccoc1)C(C)(CC)N(C)C. The summed E-state index contributed by atoms with van der Waals surface area (Å²) in [5.74, 6) is 0. The largest absolute Gasteiger partial charge is 0.472 e. The molecule has 0 amide bonds. The van der Waals surface area contributed by atoms with Gasteiger partial charge in [-0.2, -0.15) is 0 Å². The molecule has 0 bridgehead atoms. The van der Waals surface area contributed by atoms with Gasteiger partial charge in [0.2, 0.25) is 0 Å². The first kappa shape index (κ1) is 15.3. The lowest BCUT2D eigenvalue weighted by Gasteiger charge is -2.43. The van der Waals surface area contributed by atoms with Crippen molar-refractivity contribution in [2.75, 3.05) is 20.6 Å². The Balaban J connectivity index is 2.82. The maximum absolute atomic E-state index is 5.19. The summed E-state index contributed by atoms with van der Waals surface area (Å²) in [6.45, 7) is 7.86. The van der Waals surface area contributed by atoms with E-state index in [0.29, 0.717) is 6.04 Å². The number of hydrogen-bond acceptors (Lipinski definition) is 3. The molecule has 0 radical (unpaired) electrons. The molecule has 0 aliphatic rings. The van der Waals surface area contributed by atoms with Gasteiger partial charge in [-0.25, -0.2) is 0 Å². The predicted octanol–water partition coefficient (Wildman–Crippen LogP) is 2.92. The fraction of sp³-hybridized carbons (Fsp3) is 0.733. The molecule has 2 unspecified atom stereocenters. The molecule has 0 saturated heterocycles. The first-order chi connectivity index (χ1) is 8.54. The molecule has 1 N–H and O–H groups in total. The molecular formula is C15H28N2O. The van der Waals surface area contributed by atoms with E-state index in [1.54, 1.807) is 6.26 Å². The lowest BCUT2D eigenvalue weighted by atomic mass is 9.84. The molecule has 0 aromatic carbocycles. The van der Waals surface area contributed by atoms with Gasteiger partial charge in [-0.15, -0.1) is 0 Å². The van der Waals surface area contributed by atoms with Crippen LogP contribution in [0.3, 0.4) is 0 Å². The number of furan rings is 1. The summed E-state index contributed by atoms with van der Waals surface area (Å²) >= 11 is 0. The second-order valence-electron chi connectivity index (χ2n) is 5.45. The van der Waals surface area contributed by atoms with Crippen LogP contribution < -0.4 is 5.32 Å². The third-order valence-corrected chi connectivity index (χ3v) is 4.15. The Morgan fingerprint density at radius 1 is 1.39 bits per heavy atom. The highest BCUT2D eigenvalue weighted by molar-refractivity contribution is 5.11. The second kappa shape index (κ2) is 6.95. The molecular weight excluding hydrogens is 224 g/mol. The van der Waals surface area contributed by atoms with Crippen LogP contribution in [0.2, 0.25) is 0 Å². The third-order valence-electron chi connectivity index (χ3n) is 4.15. The summed E-state index contributed by atoms with van der Waals surface area (Å²) in [5, 5.41) is 3.70. The van der Waals surface area contributed by atoms with Gasteiger partial charge < -0.3 is 14.6 Å². The van der Waals surface area contributed by atoms with Gasteiger partial charge in [0.05, 0.1) is 12.5 Å². The smallest absolute Gasteiger partial charge is 0.0935 e. The van der Waals surface area contributed by atoms with Crippen LogP contribution in [0.1, 0.15) is 39.2 Å². The van der Waals surface area contributed by atoms with E-state index in [1.165, 1.54) is 5.56 Å². The Morgan fingerprint density at radius 3 is 2.56 bits per heavy atom. The molecule has 3 nitrogen and oxygen atoms in total. The molecule has 1 aromatic rings. The lowest BCUT2D eigenvalue weighted by molar-refractivity contribution is 0.112. The van der Waals surface area contributed by atoms with Crippen molar-refractivity contribution in [2.24, 2.45) is 0 Å². The van der Waals surface area contributed by atoms with Crippen molar-refractivity contribution in [3.05, 3.63) is 24.2 Å². The normalized spacial score (nSPS) is 16.8. The summed E-state index contributed by atoms with van der Waals surface area (Å²) < 4.78 is 5.19. The lowest BCUT2D eigenvalue weighted by Crippen LogP contribution is -2.57. The molecule has 2 atom stereocenters. The predicted molar refractivity (Wildman–Crippen MR) is 76.9 cm³/mol. The van der Waals surface area contributed by atoms with Crippen LogP contribution in [0, 0.1) is 0 Å². The van der Waals surface area contributed by atoms with Crippen molar-refractivity contribution in [3.8, 4) is 0 Å².